The molecule has 0 aliphatic heterocycles. The van der Waals surface area contributed by atoms with Crippen LogP contribution in [0.4, 0.5) is 0 Å². The summed E-state index contributed by atoms with van der Waals surface area (Å²) < 4.78 is 8.55. The molecule has 1 radical (unpaired) electrons. The van der Waals surface area contributed by atoms with Gasteiger partial charge in [-0.1, -0.05) is 0 Å². The van der Waals surface area contributed by atoms with Crippen LogP contribution in [0.5, 0.6) is 0 Å². The van der Waals surface area contributed by atoms with Gasteiger partial charge in [0, 0.05) is 0 Å². The average molecular weight is 223 g/mol. The zero-order valence-corrected chi connectivity index (χ0v) is 6.44. The molecule has 0 amide bonds. The summed E-state index contributed by atoms with van der Waals surface area (Å²) in [7, 11) is -5.39. The Kier molecular flexibility index (Phi) is 23.3. The van der Waals surface area contributed by atoms with E-state index in [-0.39, 0.29) is 39.6 Å². The second-order valence-corrected chi connectivity index (χ2v) is 1.34. The van der Waals surface area contributed by atoms with E-state index in [0.29, 0.717) is 0 Å². The second-order valence-electron chi connectivity index (χ2n) is 0.447. The Morgan fingerprint density at radius 1 is 1.12 bits per heavy atom. The van der Waals surface area contributed by atoms with Crippen molar-refractivity contribution in [2.75, 3.05) is 0 Å². The van der Waals surface area contributed by atoms with Crippen LogP contribution in [-0.2, 0) is 38.7 Å². The SMILES string of the molecule is O=P([O-])([O-])[O-].[Fe+2].[Mn+2].[OH-]. The Labute approximate surface area is 67.0 Å². The van der Waals surface area contributed by atoms with E-state index in [1.54, 1.807) is 0 Å². The van der Waals surface area contributed by atoms with Crippen molar-refractivity contribution < 1.29 is 58.9 Å². The fraction of sp³-hybridized carbons (Fsp3) is 0. The predicted octanol–water partition coefficient (Wildman–Crippen LogP) is -3.01. The van der Waals surface area contributed by atoms with Crippen LogP contribution < -0.4 is 14.7 Å². The second kappa shape index (κ2) is 8.11. The summed E-state index contributed by atoms with van der Waals surface area (Å²) in [6, 6.07) is 0. The first kappa shape index (κ1) is 22.9. The third-order valence-corrected chi connectivity index (χ3v) is 0. The van der Waals surface area contributed by atoms with Crippen LogP contribution in [0.25, 0.3) is 0 Å². The van der Waals surface area contributed by atoms with Crippen molar-refractivity contribution in [2.24, 2.45) is 0 Å². The molecule has 5 nitrogen and oxygen atoms in total. The fourth-order valence-corrected chi connectivity index (χ4v) is 0. The third-order valence-electron chi connectivity index (χ3n) is 0. The largest absolute Gasteiger partial charge is 2.00 e. The van der Waals surface area contributed by atoms with Gasteiger partial charge in [-0.25, -0.2) is 0 Å². The van der Waals surface area contributed by atoms with Crippen molar-refractivity contribution in [1.82, 2.24) is 0 Å². The molecule has 0 heterocycles. The minimum atomic E-state index is -5.39. The molecular weight excluding hydrogens is 222 g/mol. The van der Waals surface area contributed by atoms with Crippen LogP contribution in [0.1, 0.15) is 0 Å². The number of hydrogen-bond donors (Lipinski definition) is 0. The van der Waals surface area contributed by atoms with Gasteiger partial charge in [-0.05, 0) is 0 Å². The molecule has 0 aliphatic carbocycles. The van der Waals surface area contributed by atoms with Gasteiger partial charge in [0.05, 0.1) is 0 Å². The molecule has 8 heteroatoms. The molecular formula is HFeMnO5P. The van der Waals surface area contributed by atoms with Crippen LogP contribution in [-0.4, -0.2) is 5.48 Å². The summed E-state index contributed by atoms with van der Waals surface area (Å²) >= 11 is 0. The summed E-state index contributed by atoms with van der Waals surface area (Å²) in [4.78, 5) is 25.6. The van der Waals surface area contributed by atoms with E-state index in [0.717, 1.165) is 0 Å². The molecule has 0 rings (SSSR count). The zero-order valence-electron chi connectivity index (χ0n) is 3.26. The van der Waals surface area contributed by atoms with Gasteiger partial charge in [-0.15, -0.1) is 0 Å². The monoisotopic (exact) mass is 223 g/mol. The molecule has 0 saturated carbocycles. The molecule has 0 spiro atoms. The van der Waals surface area contributed by atoms with Crippen molar-refractivity contribution in [2.45, 2.75) is 0 Å². The molecule has 1 N–H and O–H groups in total. The van der Waals surface area contributed by atoms with E-state index in [9.17, 15) is 0 Å². The van der Waals surface area contributed by atoms with Gasteiger partial charge in [0.15, 0.2) is 0 Å². The first-order chi connectivity index (χ1) is 2.00. The quantitative estimate of drug-likeness (QED) is 0.320. The molecule has 0 unspecified atom stereocenters. The number of phosphoric acid groups is 1. The predicted molar refractivity (Wildman–Crippen MR) is 9.54 cm³/mol. The third kappa shape index (κ3) is 216. The standard InChI is InChI=1S/Fe.Mn.H3O4P.H2O/c;;1-5(2,3)4;/h;;(H3,1,2,3,4);1H2/q2*+2;;/p-4. The summed E-state index contributed by atoms with van der Waals surface area (Å²) in [6.07, 6.45) is 0. The molecule has 8 heavy (non-hydrogen) atoms. The van der Waals surface area contributed by atoms with Crippen molar-refractivity contribution >= 4 is 7.82 Å². The minimum Gasteiger partial charge on any atom is -0.870 e. The smallest absolute Gasteiger partial charge is 0.870 e. The van der Waals surface area contributed by atoms with E-state index in [1.807, 2.05) is 0 Å². The van der Waals surface area contributed by atoms with Crippen LogP contribution in [0.15, 0.2) is 0 Å². The first-order valence-electron chi connectivity index (χ1n) is 0.730. The van der Waals surface area contributed by atoms with Gasteiger partial charge in [-0.2, -0.15) is 7.82 Å². The molecule has 0 aromatic carbocycles. The van der Waals surface area contributed by atoms with E-state index in [2.05, 4.69) is 0 Å². The van der Waals surface area contributed by atoms with Crippen LogP contribution in [0.3, 0.4) is 0 Å². The van der Waals surface area contributed by atoms with E-state index < -0.39 is 7.82 Å². The van der Waals surface area contributed by atoms with Crippen molar-refractivity contribution in [3.05, 3.63) is 0 Å². The van der Waals surface area contributed by atoms with Crippen LogP contribution in [0, 0.1) is 0 Å². The van der Waals surface area contributed by atoms with Gasteiger partial charge in [-0.3, -0.25) is 0 Å². The maximum Gasteiger partial charge on any atom is 2.00 e. The Hall–Kier alpha value is 1.11. The van der Waals surface area contributed by atoms with E-state index in [1.165, 1.54) is 0 Å². The molecule has 0 aliphatic rings. The number of rotatable bonds is 0. The van der Waals surface area contributed by atoms with Gasteiger partial charge in [0.25, 0.3) is 0 Å². The molecule has 0 atom stereocenters. The Bertz CT molecular complexity index is 58.6. The van der Waals surface area contributed by atoms with Gasteiger partial charge < -0.3 is 24.7 Å². The van der Waals surface area contributed by atoms with E-state index in [4.69, 9.17) is 19.2 Å². The summed E-state index contributed by atoms with van der Waals surface area (Å²) in [5, 5.41) is 0. The van der Waals surface area contributed by atoms with Gasteiger partial charge in [0.1, 0.15) is 0 Å². The van der Waals surface area contributed by atoms with Crippen LogP contribution in [0.2, 0.25) is 0 Å². The summed E-state index contributed by atoms with van der Waals surface area (Å²) in [5.41, 5.74) is 0. The number of hydrogen-bond acceptors (Lipinski definition) is 5. The Morgan fingerprint density at radius 3 is 1.12 bits per heavy atom. The fourth-order valence-electron chi connectivity index (χ4n) is 0. The zero-order chi connectivity index (χ0) is 4.50. The molecule has 0 saturated heterocycles. The maximum absolute atomic E-state index is 8.55. The first-order valence-corrected chi connectivity index (χ1v) is 2.19. The molecule has 0 aromatic rings. The molecule has 0 bridgehead atoms. The Morgan fingerprint density at radius 2 is 1.12 bits per heavy atom. The van der Waals surface area contributed by atoms with Gasteiger partial charge in [0.2, 0.25) is 0 Å². The van der Waals surface area contributed by atoms with Crippen molar-refractivity contribution in [1.29, 1.82) is 0 Å². The summed E-state index contributed by atoms with van der Waals surface area (Å²) in [5.74, 6) is 0. The summed E-state index contributed by atoms with van der Waals surface area (Å²) in [6.45, 7) is 0. The maximum atomic E-state index is 8.55. The average Bonchev–Trinajstić information content (AvgIpc) is 0.722. The van der Waals surface area contributed by atoms with Crippen molar-refractivity contribution in [3.63, 3.8) is 0 Å². The Balaban J connectivity index is -0.0000000267. The molecule has 0 fully saturated rings. The normalized spacial score (nSPS) is 7.38. The van der Waals surface area contributed by atoms with E-state index >= 15 is 0 Å². The van der Waals surface area contributed by atoms with Crippen LogP contribution >= 0.6 is 7.82 Å². The molecule has 51 valence electrons. The van der Waals surface area contributed by atoms with Gasteiger partial charge >= 0.3 is 34.1 Å². The molecule has 0 aromatic heterocycles. The minimum absolute atomic E-state index is 0. The van der Waals surface area contributed by atoms with Crippen molar-refractivity contribution in [3.8, 4) is 0 Å². The topological polar surface area (TPSA) is 116 Å².